The number of fused-ring (bicyclic) bond motifs is 3. The van der Waals surface area contributed by atoms with Crippen LogP contribution in [0, 0.1) is 18.3 Å². The molecular formula is C13H10N4. The second-order valence-electron chi connectivity index (χ2n) is 3.99. The maximum Gasteiger partial charge on any atom is 0.139 e. The van der Waals surface area contributed by atoms with Crippen molar-refractivity contribution in [2.24, 2.45) is 0 Å². The Kier molecular flexibility index (Phi) is 1.83. The molecule has 0 bridgehead atoms. The molecule has 0 aliphatic rings. The molecule has 82 valence electrons. The summed E-state index contributed by atoms with van der Waals surface area (Å²) in [4.78, 5) is 4.49. The Morgan fingerprint density at radius 3 is 2.88 bits per heavy atom. The van der Waals surface area contributed by atoms with Gasteiger partial charge in [0.25, 0.3) is 0 Å². The van der Waals surface area contributed by atoms with Crippen molar-refractivity contribution in [3.05, 3.63) is 41.5 Å². The van der Waals surface area contributed by atoms with Crippen LogP contribution in [0.25, 0.3) is 16.7 Å². The van der Waals surface area contributed by atoms with Crippen LogP contribution >= 0.6 is 0 Å². The number of anilines is 1. The van der Waals surface area contributed by atoms with Crippen molar-refractivity contribution < 1.29 is 0 Å². The molecule has 0 unspecified atom stereocenters. The number of hydrogen-bond acceptors (Lipinski definition) is 3. The second-order valence-corrected chi connectivity index (χ2v) is 3.99. The lowest BCUT2D eigenvalue weighted by molar-refractivity contribution is 1.20. The Hall–Kier alpha value is -2.54. The normalized spacial score (nSPS) is 10.8. The van der Waals surface area contributed by atoms with Gasteiger partial charge in [0.05, 0.1) is 16.6 Å². The fourth-order valence-electron chi connectivity index (χ4n) is 2.12. The van der Waals surface area contributed by atoms with Crippen molar-refractivity contribution in [2.45, 2.75) is 6.92 Å². The quantitative estimate of drug-likeness (QED) is 0.634. The van der Waals surface area contributed by atoms with Gasteiger partial charge in [0, 0.05) is 0 Å². The summed E-state index contributed by atoms with van der Waals surface area (Å²) in [5, 5.41) is 9.10. The minimum absolute atomic E-state index is 0.455. The smallest absolute Gasteiger partial charge is 0.139 e. The first-order valence-corrected chi connectivity index (χ1v) is 5.29. The highest BCUT2D eigenvalue weighted by atomic mass is 15.1. The van der Waals surface area contributed by atoms with Crippen molar-refractivity contribution in [1.82, 2.24) is 9.38 Å². The van der Waals surface area contributed by atoms with Gasteiger partial charge in [-0.1, -0.05) is 12.1 Å². The van der Waals surface area contributed by atoms with Crippen LogP contribution in [0.4, 0.5) is 5.82 Å². The number of aryl methyl sites for hydroxylation is 1. The molecule has 4 nitrogen and oxygen atoms in total. The van der Waals surface area contributed by atoms with Crippen LogP contribution in [-0.2, 0) is 0 Å². The van der Waals surface area contributed by atoms with Crippen molar-refractivity contribution in [3.63, 3.8) is 0 Å². The van der Waals surface area contributed by atoms with E-state index < -0.39 is 0 Å². The highest BCUT2D eigenvalue weighted by Crippen LogP contribution is 2.24. The van der Waals surface area contributed by atoms with E-state index in [9.17, 15) is 0 Å². The molecule has 2 N–H and O–H groups in total. The molecule has 3 rings (SSSR count). The standard InChI is InChI=1S/C13H10N4/c1-8-6-12-16-10-4-2-3-5-11(10)17(12)13(15)9(8)7-14/h2-6H,15H2,1H3. The lowest BCUT2D eigenvalue weighted by atomic mass is 10.1. The molecule has 0 atom stereocenters. The van der Waals surface area contributed by atoms with Gasteiger partial charge in [-0.2, -0.15) is 5.26 Å². The van der Waals surface area contributed by atoms with E-state index in [1.165, 1.54) is 0 Å². The summed E-state index contributed by atoms with van der Waals surface area (Å²) in [5.41, 5.74) is 10.00. The third-order valence-electron chi connectivity index (χ3n) is 2.94. The number of imidazole rings is 1. The molecule has 3 aromatic rings. The topological polar surface area (TPSA) is 67.1 Å². The van der Waals surface area contributed by atoms with Gasteiger partial charge in [0.2, 0.25) is 0 Å². The van der Waals surface area contributed by atoms with Gasteiger partial charge in [-0.15, -0.1) is 0 Å². The largest absolute Gasteiger partial charge is 0.384 e. The third kappa shape index (κ3) is 1.20. The van der Waals surface area contributed by atoms with Gasteiger partial charge in [-0.05, 0) is 30.7 Å². The summed E-state index contributed by atoms with van der Waals surface area (Å²) < 4.78 is 1.82. The first kappa shape index (κ1) is 9.67. The van der Waals surface area contributed by atoms with E-state index in [0.29, 0.717) is 11.4 Å². The van der Waals surface area contributed by atoms with Crippen LogP contribution in [0.2, 0.25) is 0 Å². The summed E-state index contributed by atoms with van der Waals surface area (Å²) in [6, 6.07) is 11.8. The van der Waals surface area contributed by atoms with E-state index in [-0.39, 0.29) is 0 Å². The third-order valence-corrected chi connectivity index (χ3v) is 2.94. The van der Waals surface area contributed by atoms with Gasteiger partial charge in [-0.3, -0.25) is 4.40 Å². The Balaban J connectivity index is 2.61. The minimum atomic E-state index is 0.455. The van der Waals surface area contributed by atoms with Crippen LogP contribution in [0.1, 0.15) is 11.1 Å². The Morgan fingerprint density at radius 2 is 2.12 bits per heavy atom. The van der Waals surface area contributed by atoms with Gasteiger partial charge in [0.15, 0.2) is 0 Å². The minimum Gasteiger partial charge on any atom is -0.384 e. The lowest BCUT2D eigenvalue weighted by Gasteiger charge is -2.05. The number of benzene rings is 1. The first-order chi connectivity index (χ1) is 8.22. The van der Waals surface area contributed by atoms with E-state index >= 15 is 0 Å². The summed E-state index contributed by atoms with van der Waals surface area (Å²) in [6.45, 7) is 1.87. The summed E-state index contributed by atoms with van der Waals surface area (Å²) >= 11 is 0. The molecule has 0 aliphatic heterocycles. The molecule has 0 saturated carbocycles. The van der Waals surface area contributed by atoms with Crippen molar-refractivity contribution in [2.75, 3.05) is 5.73 Å². The number of pyridine rings is 1. The average Bonchev–Trinajstić information content (AvgIpc) is 2.67. The van der Waals surface area contributed by atoms with Crippen LogP contribution in [0.3, 0.4) is 0 Å². The van der Waals surface area contributed by atoms with Crippen molar-refractivity contribution >= 4 is 22.5 Å². The van der Waals surface area contributed by atoms with E-state index in [1.807, 2.05) is 41.7 Å². The molecule has 0 fully saturated rings. The number of aromatic nitrogens is 2. The lowest BCUT2D eigenvalue weighted by Crippen LogP contribution is -2.02. The predicted molar refractivity (Wildman–Crippen MR) is 66.6 cm³/mol. The van der Waals surface area contributed by atoms with Gasteiger partial charge < -0.3 is 5.73 Å². The number of nitrogens with two attached hydrogens (primary N) is 1. The Bertz CT molecular complexity index is 777. The van der Waals surface area contributed by atoms with Gasteiger partial charge in [0.1, 0.15) is 17.5 Å². The van der Waals surface area contributed by atoms with E-state index in [2.05, 4.69) is 11.1 Å². The molecule has 17 heavy (non-hydrogen) atoms. The van der Waals surface area contributed by atoms with Gasteiger partial charge >= 0.3 is 0 Å². The van der Waals surface area contributed by atoms with E-state index in [1.54, 1.807) is 0 Å². The predicted octanol–water partition coefficient (Wildman–Crippen LogP) is 2.25. The molecule has 0 spiro atoms. The zero-order valence-electron chi connectivity index (χ0n) is 9.31. The monoisotopic (exact) mass is 222 g/mol. The maximum absolute atomic E-state index is 9.10. The number of hydrogen-bond donors (Lipinski definition) is 1. The molecule has 4 heteroatoms. The molecule has 0 radical (unpaired) electrons. The number of para-hydroxylation sites is 2. The van der Waals surface area contributed by atoms with Crippen LogP contribution in [-0.4, -0.2) is 9.38 Å². The number of nitriles is 1. The van der Waals surface area contributed by atoms with Crippen LogP contribution < -0.4 is 5.73 Å². The summed E-state index contributed by atoms with van der Waals surface area (Å²) in [7, 11) is 0. The molecule has 0 saturated heterocycles. The van der Waals surface area contributed by atoms with E-state index in [4.69, 9.17) is 11.0 Å². The zero-order chi connectivity index (χ0) is 12.0. The number of nitrogens with zero attached hydrogens (tertiary/aromatic N) is 3. The number of nitrogen functional groups attached to an aromatic ring is 1. The van der Waals surface area contributed by atoms with Gasteiger partial charge in [-0.25, -0.2) is 4.98 Å². The summed E-state index contributed by atoms with van der Waals surface area (Å²) in [6.07, 6.45) is 0. The molecule has 0 aliphatic carbocycles. The maximum atomic E-state index is 9.10. The van der Waals surface area contributed by atoms with Crippen LogP contribution in [0.5, 0.6) is 0 Å². The first-order valence-electron chi connectivity index (χ1n) is 5.29. The highest BCUT2D eigenvalue weighted by molar-refractivity contribution is 5.83. The fraction of sp³-hybridized carbons (Fsp3) is 0.0769. The Morgan fingerprint density at radius 1 is 1.35 bits per heavy atom. The molecular weight excluding hydrogens is 212 g/mol. The molecule has 1 aromatic carbocycles. The molecule has 2 aromatic heterocycles. The van der Waals surface area contributed by atoms with Crippen molar-refractivity contribution in [3.8, 4) is 6.07 Å². The van der Waals surface area contributed by atoms with E-state index in [0.717, 1.165) is 22.2 Å². The zero-order valence-corrected chi connectivity index (χ0v) is 9.31. The molecule has 0 amide bonds. The Labute approximate surface area is 97.9 Å². The average molecular weight is 222 g/mol. The van der Waals surface area contributed by atoms with Crippen molar-refractivity contribution in [1.29, 1.82) is 5.26 Å². The highest BCUT2D eigenvalue weighted by Gasteiger charge is 2.12. The second kappa shape index (κ2) is 3.22. The molecule has 2 heterocycles. The fourth-order valence-corrected chi connectivity index (χ4v) is 2.12. The summed E-state index contributed by atoms with van der Waals surface area (Å²) in [5.74, 6) is 0.455. The SMILES string of the molecule is Cc1cc2nc3ccccc3n2c(N)c1C#N. The van der Waals surface area contributed by atoms with Crippen LogP contribution in [0.15, 0.2) is 30.3 Å². The number of rotatable bonds is 0.